The van der Waals surface area contributed by atoms with Crippen LogP contribution < -0.4 is 10.1 Å². The molecule has 0 aliphatic carbocycles. The van der Waals surface area contributed by atoms with Crippen molar-refractivity contribution in [3.8, 4) is 5.75 Å². The molecule has 5 nitrogen and oxygen atoms in total. The van der Waals surface area contributed by atoms with E-state index in [4.69, 9.17) is 4.74 Å². The van der Waals surface area contributed by atoms with Gasteiger partial charge < -0.3 is 10.1 Å². The molecule has 0 unspecified atom stereocenters. The first-order valence-electron chi connectivity index (χ1n) is 10.5. The number of nitrogens with one attached hydrogen (secondary N) is 1. The highest BCUT2D eigenvalue weighted by Crippen LogP contribution is 2.33. The summed E-state index contributed by atoms with van der Waals surface area (Å²) in [5.74, 6) is -0.332. The van der Waals surface area contributed by atoms with E-state index in [1.54, 1.807) is 12.1 Å². The fraction of sp³-hybridized carbons (Fsp3) is 0.200. The topological polar surface area (TPSA) is 58.6 Å². The van der Waals surface area contributed by atoms with E-state index < -0.39 is 0 Å². The molecule has 164 valence electrons. The Hall–Kier alpha value is -3.45. The van der Waals surface area contributed by atoms with Crippen LogP contribution in [0.3, 0.4) is 0 Å². The summed E-state index contributed by atoms with van der Waals surface area (Å²) in [6.45, 7) is 2.84. The standard InChI is InChI=1S/C25H23FN2O3S/c1-2-14-31-20-6-3-5-19(16-20)27-23-22(21-7-4-15-32-21)24(29)28(25(23)30)13-12-17-8-10-18(26)11-9-17/h3-11,15-16,27H,2,12-14H2,1H3. The van der Waals surface area contributed by atoms with Gasteiger partial charge in [-0.2, -0.15) is 0 Å². The van der Waals surface area contributed by atoms with E-state index in [-0.39, 0.29) is 29.9 Å². The Bertz CT molecular complexity index is 1140. The summed E-state index contributed by atoms with van der Waals surface area (Å²) in [5.41, 5.74) is 2.14. The van der Waals surface area contributed by atoms with E-state index in [9.17, 15) is 14.0 Å². The largest absolute Gasteiger partial charge is 0.494 e. The number of rotatable bonds is 9. The molecule has 32 heavy (non-hydrogen) atoms. The van der Waals surface area contributed by atoms with Gasteiger partial charge in [-0.1, -0.05) is 31.2 Å². The predicted molar refractivity (Wildman–Crippen MR) is 124 cm³/mol. The number of amides is 2. The first-order valence-corrected chi connectivity index (χ1v) is 11.3. The van der Waals surface area contributed by atoms with E-state index in [0.717, 1.165) is 16.9 Å². The number of nitrogens with zero attached hydrogens (tertiary/aromatic N) is 1. The Morgan fingerprint density at radius 2 is 1.84 bits per heavy atom. The number of halogens is 1. The molecule has 0 atom stereocenters. The van der Waals surface area contributed by atoms with Gasteiger partial charge in [0.05, 0.1) is 12.2 Å². The highest BCUT2D eigenvalue weighted by atomic mass is 32.1. The van der Waals surface area contributed by atoms with Crippen molar-refractivity contribution in [2.75, 3.05) is 18.5 Å². The number of ether oxygens (including phenoxy) is 1. The quantitative estimate of drug-likeness (QED) is 0.460. The van der Waals surface area contributed by atoms with E-state index in [2.05, 4.69) is 5.32 Å². The van der Waals surface area contributed by atoms with Crippen molar-refractivity contribution in [3.63, 3.8) is 0 Å². The Morgan fingerprint density at radius 1 is 1.03 bits per heavy atom. The molecule has 1 aliphatic rings. The van der Waals surface area contributed by atoms with Crippen molar-refractivity contribution in [1.29, 1.82) is 0 Å². The van der Waals surface area contributed by atoms with Gasteiger partial charge in [0, 0.05) is 23.2 Å². The van der Waals surface area contributed by atoms with E-state index in [1.165, 1.54) is 28.4 Å². The molecule has 0 spiro atoms. The number of anilines is 1. The van der Waals surface area contributed by atoms with Crippen LogP contribution in [-0.4, -0.2) is 29.9 Å². The lowest BCUT2D eigenvalue weighted by Crippen LogP contribution is -2.34. The normalized spacial score (nSPS) is 13.8. The second-order valence-corrected chi connectivity index (χ2v) is 8.31. The molecular formula is C25H23FN2O3S. The lowest BCUT2D eigenvalue weighted by molar-refractivity contribution is -0.136. The van der Waals surface area contributed by atoms with E-state index in [0.29, 0.717) is 30.0 Å². The van der Waals surface area contributed by atoms with Gasteiger partial charge in [-0.05, 0) is 54.1 Å². The van der Waals surface area contributed by atoms with Crippen LogP contribution >= 0.6 is 11.3 Å². The number of imide groups is 1. The zero-order valence-corrected chi connectivity index (χ0v) is 18.5. The zero-order chi connectivity index (χ0) is 22.5. The number of hydrogen-bond donors (Lipinski definition) is 1. The van der Waals surface area contributed by atoms with E-state index in [1.807, 2.05) is 48.7 Å². The number of carbonyl (C=O) groups is 2. The smallest absolute Gasteiger partial charge is 0.278 e. The highest BCUT2D eigenvalue weighted by molar-refractivity contribution is 7.11. The van der Waals surface area contributed by atoms with Crippen LogP contribution in [0.15, 0.2) is 71.7 Å². The molecule has 2 aromatic carbocycles. The summed E-state index contributed by atoms with van der Waals surface area (Å²) in [7, 11) is 0. The van der Waals surface area contributed by atoms with Gasteiger partial charge >= 0.3 is 0 Å². The molecule has 0 bridgehead atoms. The number of hydrogen-bond acceptors (Lipinski definition) is 5. The molecule has 7 heteroatoms. The van der Waals surface area contributed by atoms with Crippen LogP contribution in [0.1, 0.15) is 23.8 Å². The maximum absolute atomic E-state index is 13.3. The second kappa shape index (κ2) is 9.78. The SMILES string of the molecule is CCCOc1cccc(NC2=C(c3cccs3)C(=O)N(CCc3ccc(F)cc3)C2=O)c1. The van der Waals surface area contributed by atoms with Gasteiger partial charge in [0.2, 0.25) is 0 Å². The molecule has 1 N–H and O–H groups in total. The Labute approximate surface area is 190 Å². The predicted octanol–water partition coefficient (Wildman–Crippen LogP) is 5.11. The Kier molecular flexibility index (Phi) is 6.66. The average Bonchev–Trinajstić information content (AvgIpc) is 3.40. The van der Waals surface area contributed by atoms with Crippen molar-refractivity contribution in [2.24, 2.45) is 0 Å². The lowest BCUT2D eigenvalue weighted by atomic mass is 10.1. The van der Waals surface area contributed by atoms with Crippen molar-refractivity contribution in [2.45, 2.75) is 19.8 Å². The molecule has 3 aromatic rings. The molecule has 2 heterocycles. The van der Waals surface area contributed by atoms with Crippen molar-refractivity contribution in [3.05, 3.63) is 88.0 Å². The van der Waals surface area contributed by atoms with Gasteiger partial charge in [-0.15, -0.1) is 11.3 Å². The Morgan fingerprint density at radius 3 is 2.56 bits per heavy atom. The molecule has 4 rings (SSSR count). The minimum atomic E-state index is -0.375. The first kappa shape index (κ1) is 21.8. The summed E-state index contributed by atoms with van der Waals surface area (Å²) in [6, 6.07) is 17.1. The molecule has 0 radical (unpaired) electrons. The second-order valence-electron chi connectivity index (χ2n) is 7.37. The van der Waals surface area contributed by atoms with Gasteiger partial charge in [-0.3, -0.25) is 14.5 Å². The summed E-state index contributed by atoms with van der Waals surface area (Å²) >= 11 is 1.41. The fourth-order valence-corrected chi connectivity index (χ4v) is 4.23. The molecule has 0 fully saturated rings. The number of thiophene rings is 1. The third-order valence-electron chi connectivity index (χ3n) is 5.05. The number of carbonyl (C=O) groups excluding carboxylic acids is 2. The molecule has 0 saturated carbocycles. The van der Waals surface area contributed by atoms with E-state index >= 15 is 0 Å². The van der Waals surface area contributed by atoms with Crippen molar-refractivity contribution in [1.82, 2.24) is 4.90 Å². The van der Waals surface area contributed by atoms with Crippen molar-refractivity contribution >= 4 is 34.4 Å². The number of benzene rings is 2. The van der Waals surface area contributed by atoms with Crippen LogP contribution in [0.25, 0.3) is 5.57 Å². The minimum absolute atomic E-state index is 0.211. The van der Waals surface area contributed by atoms with Crippen molar-refractivity contribution < 1.29 is 18.7 Å². The molecular weight excluding hydrogens is 427 g/mol. The van der Waals surface area contributed by atoms with Gasteiger partial charge in [0.25, 0.3) is 11.8 Å². The monoisotopic (exact) mass is 450 g/mol. The van der Waals surface area contributed by atoms with Crippen LogP contribution in [0.2, 0.25) is 0 Å². The molecule has 0 saturated heterocycles. The zero-order valence-electron chi connectivity index (χ0n) is 17.6. The summed E-state index contributed by atoms with van der Waals surface area (Å²) in [5, 5.41) is 5.03. The van der Waals surface area contributed by atoms with Gasteiger partial charge in [-0.25, -0.2) is 4.39 Å². The van der Waals surface area contributed by atoms with Crippen LogP contribution in [0, 0.1) is 5.82 Å². The fourth-order valence-electron chi connectivity index (χ4n) is 3.46. The maximum atomic E-state index is 13.3. The third-order valence-corrected chi connectivity index (χ3v) is 5.94. The van der Waals surface area contributed by atoms with Gasteiger partial charge in [0.15, 0.2) is 0 Å². The third kappa shape index (κ3) is 4.73. The highest BCUT2D eigenvalue weighted by Gasteiger charge is 2.39. The maximum Gasteiger partial charge on any atom is 0.278 e. The summed E-state index contributed by atoms with van der Waals surface area (Å²) in [6.07, 6.45) is 1.34. The van der Waals surface area contributed by atoms with Gasteiger partial charge in [0.1, 0.15) is 17.3 Å². The summed E-state index contributed by atoms with van der Waals surface area (Å²) in [4.78, 5) is 28.5. The minimum Gasteiger partial charge on any atom is -0.494 e. The first-order chi connectivity index (χ1) is 15.6. The molecule has 1 aromatic heterocycles. The average molecular weight is 451 g/mol. The molecule has 1 aliphatic heterocycles. The summed E-state index contributed by atoms with van der Waals surface area (Å²) < 4.78 is 18.9. The lowest BCUT2D eigenvalue weighted by Gasteiger charge is -2.15. The Balaban J connectivity index is 1.58. The van der Waals surface area contributed by atoms with Crippen LogP contribution in [0.4, 0.5) is 10.1 Å². The molecule has 2 amide bonds. The van der Waals surface area contributed by atoms with Crippen LogP contribution in [-0.2, 0) is 16.0 Å². The van der Waals surface area contributed by atoms with Crippen LogP contribution in [0.5, 0.6) is 5.75 Å².